The smallest absolute Gasteiger partial charge is 0.0714 e. The van der Waals surface area contributed by atoms with Crippen LogP contribution in [-0.4, -0.2) is 46.4 Å². The Balaban J connectivity index is 0.000000162. The van der Waals surface area contributed by atoms with E-state index in [4.69, 9.17) is 17.1 Å². The van der Waals surface area contributed by atoms with E-state index in [9.17, 15) is 0 Å². The molecule has 0 saturated carbocycles. The molecule has 0 bridgehead atoms. The second-order valence-corrected chi connectivity index (χ2v) is 12.3. The highest BCUT2D eigenvalue weighted by atomic mass is 35.5. The van der Waals surface area contributed by atoms with Crippen LogP contribution < -0.4 is 0 Å². The first-order chi connectivity index (χ1) is 19.4. The zero-order chi connectivity index (χ0) is 28.0. The van der Waals surface area contributed by atoms with Gasteiger partial charge in [0.2, 0.25) is 0 Å². The summed E-state index contributed by atoms with van der Waals surface area (Å²) in [6.45, 7) is 7.55. The van der Waals surface area contributed by atoms with Crippen molar-refractivity contribution in [3.63, 3.8) is 0 Å². The van der Waals surface area contributed by atoms with Gasteiger partial charge in [-0.1, -0.05) is 133 Å². The van der Waals surface area contributed by atoms with Gasteiger partial charge in [0, 0.05) is 31.1 Å². The lowest BCUT2D eigenvalue weighted by atomic mass is 9.87. The van der Waals surface area contributed by atoms with Crippen LogP contribution in [0.2, 0.25) is 0 Å². The molecule has 0 spiro atoms. The Labute approximate surface area is 242 Å². The van der Waals surface area contributed by atoms with Gasteiger partial charge in [-0.15, -0.1) is 11.6 Å². The number of alkyl halides is 1. The molecular formula is C34H36ClN5. The summed E-state index contributed by atoms with van der Waals surface area (Å²) in [5.41, 5.74) is 13.6. The molecular weight excluding hydrogens is 514 g/mol. The van der Waals surface area contributed by atoms with E-state index in [1.807, 2.05) is 19.1 Å². The minimum Gasteiger partial charge on any atom is -0.291 e. The van der Waals surface area contributed by atoms with Gasteiger partial charge in [0.25, 0.3) is 0 Å². The Morgan fingerprint density at radius 1 is 0.600 bits per heavy atom. The molecule has 2 aliphatic rings. The Kier molecular flexibility index (Phi) is 8.58. The second kappa shape index (κ2) is 12.3. The molecule has 2 aliphatic heterocycles. The van der Waals surface area contributed by atoms with E-state index in [0.717, 1.165) is 26.2 Å². The summed E-state index contributed by atoms with van der Waals surface area (Å²) < 4.78 is 0. The molecule has 4 aromatic carbocycles. The first-order valence-electron chi connectivity index (χ1n) is 13.8. The summed E-state index contributed by atoms with van der Waals surface area (Å²) in [4.78, 5) is 7.70. The maximum absolute atomic E-state index is 8.67. The number of azide groups is 1. The van der Waals surface area contributed by atoms with Crippen LogP contribution in [0.1, 0.15) is 48.2 Å². The van der Waals surface area contributed by atoms with Crippen LogP contribution in [0.5, 0.6) is 0 Å². The number of hydrogen-bond donors (Lipinski definition) is 0. The highest BCUT2D eigenvalue weighted by Crippen LogP contribution is 2.39. The van der Waals surface area contributed by atoms with Crippen molar-refractivity contribution >= 4 is 11.6 Å². The predicted molar refractivity (Wildman–Crippen MR) is 164 cm³/mol. The monoisotopic (exact) mass is 549 g/mol. The maximum Gasteiger partial charge on any atom is 0.0714 e. The number of nitrogens with zero attached hydrogens (tertiary/aromatic N) is 5. The van der Waals surface area contributed by atoms with Crippen molar-refractivity contribution in [2.24, 2.45) is 5.11 Å². The zero-order valence-electron chi connectivity index (χ0n) is 23.1. The molecule has 6 heteroatoms. The molecule has 204 valence electrons. The van der Waals surface area contributed by atoms with Gasteiger partial charge >= 0.3 is 0 Å². The molecule has 6 rings (SSSR count). The number of hydrogen-bond acceptors (Lipinski definition) is 3. The summed E-state index contributed by atoms with van der Waals surface area (Å²) in [5.74, 6) is 0. The Hall–Kier alpha value is -3.60. The summed E-state index contributed by atoms with van der Waals surface area (Å²) in [6.07, 6.45) is 0. The molecule has 0 aliphatic carbocycles. The largest absolute Gasteiger partial charge is 0.291 e. The summed E-state index contributed by atoms with van der Waals surface area (Å²) in [6, 6.07) is 42.8. The molecule has 0 amide bonds. The van der Waals surface area contributed by atoms with Crippen molar-refractivity contribution in [1.29, 1.82) is 0 Å². The summed E-state index contributed by atoms with van der Waals surface area (Å²) in [7, 11) is 0. The fourth-order valence-electron chi connectivity index (χ4n) is 5.94. The lowest BCUT2D eigenvalue weighted by Gasteiger charge is -2.49. The van der Waals surface area contributed by atoms with E-state index in [0.29, 0.717) is 6.04 Å². The van der Waals surface area contributed by atoms with Gasteiger partial charge in [0.15, 0.2) is 0 Å². The van der Waals surface area contributed by atoms with Gasteiger partial charge in [0.05, 0.1) is 22.5 Å². The van der Waals surface area contributed by atoms with Crippen LogP contribution in [0, 0.1) is 0 Å². The van der Waals surface area contributed by atoms with E-state index in [1.165, 1.54) is 22.3 Å². The van der Waals surface area contributed by atoms with E-state index < -0.39 is 0 Å². The SMILES string of the molecule is CC1(Cl)CN(C(c2ccccc2)c2ccccc2)C1.CC1(N=[N+]=[N-])CN(C(c2ccccc2)c2ccccc2)C1. The fraction of sp³-hybridized carbons (Fsp3) is 0.294. The van der Waals surface area contributed by atoms with Gasteiger partial charge in [-0.05, 0) is 34.7 Å². The molecule has 0 N–H and O–H groups in total. The molecule has 2 fully saturated rings. The molecule has 0 atom stereocenters. The minimum absolute atomic E-state index is 0.0676. The summed E-state index contributed by atoms with van der Waals surface area (Å²) in [5, 5.41) is 3.92. The van der Waals surface area contributed by atoms with Crippen molar-refractivity contribution in [2.45, 2.75) is 36.3 Å². The van der Waals surface area contributed by atoms with Crippen molar-refractivity contribution in [2.75, 3.05) is 26.2 Å². The van der Waals surface area contributed by atoms with Gasteiger partial charge in [-0.2, -0.15) is 0 Å². The lowest BCUT2D eigenvalue weighted by molar-refractivity contribution is 0.0546. The average Bonchev–Trinajstić information content (AvgIpc) is 2.94. The average molecular weight is 550 g/mol. The second-order valence-electron chi connectivity index (χ2n) is 11.4. The van der Waals surface area contributed by atoms with Crippen LogP contribution in [0.3, 0.4) is 0 Å². The molecule has 5 nitrogen and oxygen atoms in total. The van der Waals surface area contributed by atoms with Crippen LogP contribution >= 0.6 is 11.6 Å². The van der Waals surface area contributed by atoms with Gasteiger partial charge < -0.3 is 0 Å². The van der Waals surface area contributed by atoms with Crippen molar-refractivity contribution in [1.82, 2.24) is 9.80 Å². The maximum atomic E-state index is 8.67. The molecule has 4 aromatic rings. The van der Waals surface area contributed by atoms with Crippen LogP contribution in [0.15, 0.2) is 126 Å². The highest BCUT2D eigenvalue weighted by Gasteiger charge is 2.42. The molecule has 40 heavy (non-hydrogen) atoms. The first-order valence-corrected chi connectivity index (χ1v) is 14.2. The number of benzene rings is 4. The van der Waals surface area contributed by atoms with Gasteiger partial charge in [-0.25, -0.2) is 0 Å². The van der Waals surface area contributed by atoms with E-state index in [2.05, 4.69) is 136 Å². The van der Waals surface area contributed by atoms with Crippen molar-refractivity contribution in [3.8, 4) is 0 Å². The Morgan fingerprint density at radius 2 is 0.900 bits per heavy atom. The number of likely N-dealkylation sites (tertiary alicyclic amines) is 2. The standard InChI is InChI=1S/C17H18ClN.C17H18N4/c1-17(18)12-19(13-17)16(14-8-4-2-5-9-14)15-10-6-3-7-11-15;1-17(19-20-18)12-21(13-17)16(14-8-4-2-5-9-14)15-10-6-3-7-11-15/h2-11,16H,12-13H2,1H3;2-11,16H,12-13H2,1H3. The predicted octanol–water partition coefficient (Wildman–Crippen LogP) is 8.25. The van der Waals surface area contributed by atoms with Gasteiger partial charge in [-0.3, -0.25) is 9.80 Å². The zero-order valence-corrected chi connectivity index (χ0v) is 23.9. The van der Waals surface area contributed by atoms with E-state index >= 15 is 0 Å². The quantitative estimate of drug-likeness (QED) is 0.101. The topological polar surface area (TPSA) is 55.2 Å². The molecule has 2 saturated heterocycles. The Bertz CT molecular complexity index is 1310. The third-order valence-corrected chi connectivity index (χ3v) is 7.87. The molecule has 0 radical (unpaired) electrons. The van der Waals surface area contributed by atoms with E-state index in [1.54, 1.807) is 0 Å². The normalized spacial score (nSPS) is 17.6. The van der Waals surface area contributed by atoms with Crippen molar-refractivity contribution < 1.29 is 0 Å². The molecule has 2 heterocycles. The van der Waals surface area contributed by atoms with Crippen molar-refractivity contribution in [3.05, 3.63) is 154 Å². The third kappa shape index (κ3) is 6.57. The number of rotatable bonds is 7. The Morgan fingerprint density at radius 3 is 1.18 bits per heavy atom. The third-order valence-electron chi connectivity index (χ3n) is 7.63. The fourth-order valence-corrected chi connectivity index (χ4v) is 6.24. The summed E-state index contributed by atoms with van der Waals surface area (Å²) >= 11 is 6.38. The van der Waals surface area contributed by atoms with Crippen LogP contribution in [-0.2, 0) is 0 Å². The van der Waals surface area contributed by atoms with Gasteiger partial charge in [0.1, 0.15) is 0 Å². The van der Waals surface area contributed by atoms with E-state index in [-0.39, 0.29) is 16.5 Å². The molecule has 0 aromatic heterocycles. The number of halogens is 1. The van der Waals surface area contributed by atoms with Crippen LogP contribution in [0.25, 0.3) is 10.4 Å². The highest BCUT2D eigenvalue weighted by molar-refractivity contribution is 6.24. The molecule has 0 unspecified atom stereocenters. The van der Waals surface area contributed by atoms with Crippen LogP contribution in [0.4, 0.5) is 0 Å². The minimum atomic E-state index is -0.281. The first kappa shape index (κ1) is 27.9. The lowest BCUT2D eigenvalue weighted by Crippen LogP contribution is -2.59.